The second kappa shape index (κ2) is 5.77. The van der Waals surface area contributed by atoms with Crippen LogP contribution < -0.4 is 5.32 Å². The molecule has 1 amide bonds. The summed E-state index contributed by atoms with van der Waals surface area (Å²) in [6.07, 6.45) is 5.17. The van der Waals surface area contributed by atoms with Crippen LogP contribution in [0, 0.1) is 0 Å². The van der Waals surface area contributed by atoms with Crippen LogP contribution in [0.2, 0.25) is 0 Å². The van der Waals surface area contributed by atoms with Crippen molar-refractivity contribution >= 4 is 5.91 Å². The quantitative estimate of drug-likeness (QED) is 0.727. The third-order valence-corrected chi connectivity index (χ3v) is 4.77. The minimum Gasteiger partial charge on any atom is -0.392 e. The number of β-amino-alcohol motifs (C(OH)–C–C–N with tert-alkyl or cyclic N) is 1. The Morgan fingerprint density at radius 1 is 1.16 bits per heavy atom. The fourth-order valence-corrected chi connectivity index (χ4v) is 3.69. The molecule has 0 aromatic carbocycles. The summed E-state index contributed by atoms with van der Waals surface area (Å²) in [5.74, 6) is 0.195. The van der Waals surface area contributed by atoms with Crippen LogP contribution in [0.25, 0.3) is 0 Å². The number of carbonyl (C=O) groups is 1. The molecule has 3 aliphatic heterocycles. The number of amides is 1. The zero-order chi connectivity index (χ0) is 13.2. The molecule has 0 saturated carbocycles. The summed E-state index contributed by atoms with van der Waals surface area (Å²) in [6, 6.07) is 0.402. The largest absolute Gasteiger partial charge is 0.392 e. The molecule has 0 aliphatic carbocycles. The predicted octanol–water partition coefficient (Wildman–Crippen LogP) is -0.204. The highest BCUT2D eigenvalue weighted by Crippen LogP contribution is 2.21. The van der Waals surface area contributed by atoms with E-state index >= 15 is 0 Å². The van der Waals surface area contributed by atoms with Gasteiger partial charge in [0, 0.05) is 25.7 Å². The molecule has 3 aliphatic rings. The summed E-state index contributed by atoms with van der Waals surface area (Å²) >= 11 is 0. The lowest BCUT2D eigenvalue weighted by Gasteiger charge is -2.38. The van der Waals surface area contributed by atoms with Gasteiger partial charge in [0.15, 0.2) is 0 Å². The zero-order valence-electron chi connectivity index (χ0n) is 11.6. The molecule has 0 aromatic rings. The molecular weight excluding hydrogens is 242 g/mol. The van der Waals surface area contributed by atoms with Gasteiger partial charge in [-0.15, -0.1) is 0 Å². The van der Waals surface area contributed by atoms with Crippen LogP contribution in [0.15, 0.2) is 0 Å². The minimum absolute atomic E-state index is 0.160. The molecule has 0 bridgehead atoms. The van der Waals surface area contributed by atoms with Crippen LogP contribution in [0.1, 0.15) is 32.1 Å². The third kappa shape index (κ3) is 2.93. The van der Waals surface area contributed by atoms with E-state index in [1.54, 1.807) is 0 Å². The van der Waals surface area contributed by atoms with Crippen molar-refractivity contribution in [2.24, 2.45) is 0 Å². The lowest BCUT2D eigenvalue weighted by atomic mass is 10.0. The van der Waals surface area contributed by atoms with Crippen molar-refractivity contribution in [3.8, 4) is 0 Å². The lowest BCUT2D eigenvalue weighted by molar-refractivity contribution is -0.135. The van der Waals surface area contributed by atoms with Gasteiger partial charge < -0.3 is 15.3 Å². The fraction of sp³-hybridized carbons (Fsp3) is 0.929. The van der Waals surface area contributed by atoms with Gasteiger partial charge in [0.1, 0.15) is 0 Å². The Balaban J connectivity index is 1.56. The van der Waals surface area contributed by atoms with Crippen molar-refractivity contribution in [1.29, 1.82) is 0 Å². The summed E-state index contributed by atoms with van der Waals surface area (Å²) in [7, 11) is 0. The summed E-state index contributed by atoms with van der Waals surface area (Å²) in [4.78, 5) is 17.0. The van der Waals surface area contributed by atoms with E-state index in [0.717, 1.165) is 19.5 Å². The van der Waals surface area contributed by atoms with Crippen molar-refractivity contribution in [3.05, 3.63) is 0 Å². The van der Waals surface area contributed by atoms with Gasteiger partial charge in [0.05, 0.1) is 12.1 Å². The van der Waals surface area contributed by atoms with E-state index in [4.69, 9.17) is 0 Å². The molecular formula is C14H25N3O2. The van der Waals surface area contributed by atoms with Crippen molar-refractivity contribution in [3.63, 3.8) is 0 Å². The minimum atomic E-state index is -0.354. The van der Waals surface area contributed by atoms with Crippen LogP contribution >= 0.6 is 0 Å². The predicted molar refractivity (Wildman–Crippen MR) is 72.8 cm³/mol. The number of nitrogens with zero attached hydrogens (tertiary/aromatic N) is 2. The molecule has 19 heavy (non-hydrogen) atoms. The average Bonchev–Trinajstić information content (AvgIpc) is 3.09. The molecule has 3 saturated heterocycles. The van der Waals surface area contributed by atoms with Crippen LogP contribution in [-0.4, -0.2) is 71.7 Å². The smallest absolute Gasteiger partial charge is 0.239 e. The molecule has 3 rings (SSSR count). The number of hydrogen-bond donors (Lipinski definition) is 2. The monoisotopic (exact) mass is 267 g/mol. The van der Waals surface area contributed by atoms with E-state index in [1.165, 1.54) is 32.4 Å². The molecule has 0 radical (unpaired) electrons. The molecule has 108 valence electrons. The van der Waals surface area contributed by atoms with Crippen LogP contribution in [-0.2, 0) is 4.79 Å². The Kier molecular flexibility index (Phi) is 4.05. The Labute approximate surface area is 114 Å². The van der Waals surface area contributed by atoms with Gasteiger partial charge in [-0.1, -0.05) is 0 Å². The first-order valence-electron chi connectivity index (χ1n) is 7.68. The molecule has 0 aromatic heterocycles. The van der Waals surface area contributed by atoms with E-state index in [9.17, 15) is 9.90 Å². The van der Waals surface area contributed by atoms with Crippen molar-refractivity contribution in [2.75, 3.05) is 32.7 Å². The fourth-order valence-electron chi connectivity index (χ4n) is 3.69. The van der Waals surface area contributed by atoms with E-state index in [0.29, 0.717) is 19.0 Å². The Bertz CT molecular complexity index is 331. The van der Waals surface area contributed by atoms with Crippen LogP contribution in [0.4, 0.5) is 0 Å². The van der Waals surface area contributed by atoms with Gasteiger partial charge in [0.2, 0.25) is 5.91 Å². The number of carbonyl (C=O) groups excluding carboxylic acids is 1. The molecule has 3 atom stereocenters. The highest BCUT2D eigenvalue weighted by Gasteiger charge is 2.35. The maximum Gasteiger partial charge on any atom is 0.239 e. The van der Waals surface area contributed by atoms with Crippen molar-refractivity contribution in [2.45, 2.75) is 50.3 Å². The second-order valence-corrected chi connectivity index (χ2v) is 6.17. The van der Waals surface area contributed by atoms with Crippen LogP contribution in [0.3, 0.4) is 0 Å². The van der Waals surface area contributed by atoms with Gasteiger partial charge in [-0.3, -0.25) is 9.69 Å². The molecule has 2 N–H and O–H groups in total. The van der Waals surface area contributed by atoms with E-state index < -0.39 is 0 Å². The molecule has 5 nitrogen and oxygen atoms in total. The number of hydrogen-bond acceptors (Lipinski definition) is 4. The number of piperidine rings is 1. The first-order valence-corrected chi connectivity index (χ1v) is 7.68. The van der Waals surface area contributed by atoms with E-state index in [2.05, 4.69) is 10.2 Å². The lowest BCUT2D eigenvalue weighted by Crippen LogP contribution is -2.52. The van der Waals surface area contributed by atoms with Gasteiger partial charge in [0.25, 0.3) is 0 Å². The number of nitrogens with one attached hydrogen (secondary N) is 1. The Morgan fingerprint density at radius 3 is 2.63 bits per heavy atom. The van der Waals surface area contributed by atoms with Gasteiger partial charge >= 0.3 is 0 Å². The van der Waals surface area contributed by atoms with E-state index in [1.807, 2.05) is 4.90 Å². The normalized spacial score (nSPS) is 36.9. The summed E-state index contributed by atoms with van der Waals surface area (Å²) < 4.78 is 0. The summed E-state index contributed by atoms with van der Waals surface area (Å²) in [5.41, 5.74) is 0. The number of rotatable bonds is 2. The zero-order valence-corrected chi connectivity index (χ0v) is 11.6. The summed E-state index contributed by atoms with van der Waals surface area (Å²) in [6.45, 7) is 4.73. The first-order chi connectivity index (χ1) is 9.24. The van der Waals surface area contributed by atoms with Crippen LogP contribution in [0.5, 0.6) is 0 Å². The molecule has 5 heteroatoms. The topological polar surface area (TPSA) is 55.8 Å². The maximum atomic E-state index is 12.4. The first kappa shape index (κ1) is 13.3. The third-order valence-electron chi connectivity index (χ3n) is 4.77. The standard InChI is InChI=1S/C14H25N3O2/c18-12-8-13(15-9-12)14(19)17-7-3-4-11(10-17)16-5-1-2-6-16/h11-13,15,18H,1-10H2/t11-,12+,13-/m0/s1. The number of likely N-dealkylation sites (tertiary alicyclic amines) is 2. The molecule has 3 heterocycles. The SMILES string of the molecule is O=C([C@@H]1C[C@@H](O)CN1)N1CCC[C@H](N2CCCC2)C1. The molecule has 0 spiro atoms. The Hall–Kier alpha value is -0.650. The number of aliphatic hydroxyl groups is 1. The van der Waals surface area contributed by atoms with Crippen molar-refractivity contribution < 1.29 is 9.90 Å². The Morgan fingerprint density at radius 2 is 1.95 bits per heavy atom. The second-order valence-electron chi connectivity index (χ2n) is 6.17. The van der Waals surface area contributed by atoms with Gasteiger partial charge in [-0.25, -0.2) is 0 Å². The maximum absolute atomic E-state index is 12.4. The van der Waals surface area contributed by atoms with Gasteiger partial charge in [-0.2, -0.15) is 0 Å². The number of aliphatic hydroxyl groups excluding tert-OH is 1. The van der Waals surface area contributed by atoms with Crippen molar-refractivity contribution in [1.82, 2.24) is 15.1 Å². The molecule has 0 unspecified atom stereocenters. The summed E-state index contributed by atoms with van der Waals surface area (Å²) in [5, 5.41) is 12.7. The molecule has 3 fully saturated rings. The highest BCUT2D eigenvalue weighted by molar-refractivity contribution is 5.82. The average molecular weight is 267 g/mol. The van der Waals surface area contributed by atoms with Gasteiger partial charge in [-0.05, 0) is 45.2 Å². The van der Waals surface area contributed by atoms with E-state index in [-0.39, 0.29) is 18.1 Å². The highest BCUT2D eigenvalue weighted by atomic mass is 16.3.